The molecule has 0 amide bonds. The minimum absolute atomic E-state index is 0.0350. The van der Waals surface area contributed by atoms with Gasteiger partial charge in [-0.25, -0.2) is 0 Å². The molecule has 0 aliphatic carbocycles. The molecule has 2 rings (SSSR count). The average Bonchev–Trinajstić information content (AvgIpc) is 2.36. The number of nitro benzene ring substituents is 1. The number of anilines is 1. The maximum absolute atomic E-state index is 11.2. The Kier molecular flexibility index (Phi) is 4.01. The Morgan fingerprint density at radius 2 is 2.05 bits per heavy atom. The highest BCUT2D eigenvalue weighted by Gasteiger charge is 2.27. The highest BCUT2D eigenvalue weighted by atomic mass is 16.6. The minimum Gasteiger partial charge on any atom is -0.392 e. The number of aliphatic hydroxyl groups is 1. The van der Waals surface area contributed by atoms with Crippen LogP contribution in [0.5, 0.6) is 0 Å². The Hall–Kier alpha value is -1.66. The van der Waals surface area contributed by atoms with Gasteiger partial charge in [0.25, 0.3) is 5.69 Å². The number of morpholine rings is 1. The van der Waals surface area contributed by atoms with Crippen LogP contribution < -0.4 is 4.90 Å². The van der Waals surface area contributed by atoms with E-state index < -0.39 is 4.92 Å². The third-order valence-corrected chi connectivity index (χ3v) is 3.18. The number of rotatable bonds is 3. The van der Waals surface area contributed by atoms with Crippen LogP contribution in [0.15, 0.2) is 18.2 Å². The Morgan fingerprint density at radius 3 is 2.58 bits per heavy atom. The van der Waals surface area contributed by atoms with Crippen LogP contribution in [-0.2, 0) is 11.3 Å². The Bertz CT molecular complexity index is 468. The van der Waals surface area contributed by atoms with E-state index in [1.807, 2.05) is 18.7 Å². The number of hydrogen-bond donors (Lipinski definition) is 1. The van der Waals surface area contributed by atoms with Crippen molar-refractivity contribution in [3.8, 4) is 0 Å². The van der Waals surface area contributed by atoms with E-state index in [1.165, 1.54) is 6.07 Å². The second kappa shape index (κ2) is 5.54. The van der Waals surface area contributed by atoms with Gasteiger partial charge in [0, 0.05) is 19.2 Å². The van der Waals surface area contributed by atoms with Crippen LogP contribution in [0.2, 0.25) is 0 Å². The maximum Gasteiger partial charge on any atom is 0.292 e. The van der Waals surface area contributed by atoms with Gasteiger partial charge >= 0.3 is 0 Å². The summed E-state index contributed by atoms with van der Waals surface area (Å²) in [5, 5.41) is 20.2. The quantitative estimate of drug-likeness (QED) is 0.665. The van der Waals surface area contributed by atoms with Crippen molar-refractivity contribution >= 4 is 11.4 Å². The number of hydrogen-bond acceptors (Lipinski definition) is 5. The number of benzene rings is 1. The molecule has 1 N–H and O–H groups in total. The maximum atomic E-state index is 11.2. The van der Waals surface area contributed by atoms with Crippen LogP contribution in [0.25, 0.3) is 0 Å². The summed E-state index contributed by atoms with van der Waals surface area (Å²) in [7, 11) is 0. The van der Waals surface area contributed by atoms with Crippen LogP contribution in [0.3, 0.4) is 0 Å². The van der Waals surface area contributed by atoms with Crippen molar-refractivity contribution in [2.24, 2.45) is 0 Å². The van der Waals surface area contributed by atoms with Gasteiger partial charge in [-0.05, 0) is 25.5 Å². The molecule has 0 radical (unpaired) electrons. The summed E-state index contributed by atoms with van der Waals surface area (Å²) in [6, 6.07) is 4.85. The van der Waals surface area contributed by atoms with Gasteiger partial charge in [0.15, 0.2) is 0 Å². The monoisotopic (exact) mass is 266 g/mol. The molecule has 0 unspecified atom stereocenters. The molecule has 1 aliphatic heterocycles. The summed E-state index contributed by atoms with van der Waals surface area (Å²) >= 11 is 0. The number of nitro groups is 1. The fourth-order valence-corrected chi connectivity index (χ4v) is 2.46. The standard InChI is InChI=1S/C13H18N2O4/c1-9-6-14(7-10(2)19-9)12-4-3-11(8-16)5-13(12)15(17)18/h3-5,9-10,16H,6-8H2,1-2H3/t9-,10+. The molecule has 0 aromatic heterocycles. The zero-order valence-corrected chi connectivity index (χ0v) is 11.1. The van der Waals surface area contributed by atoms with E-state index in [9.17, 15) is 10.1 Å². The van der Waals surface area contributed by atoms with Gasteiger partial charge in [0.05, 0.1) is 23.7 Å². The van der Waals surface area contributed by atoms with E-state index in [0.717, 1.165) is 0 Å². The zero-order chi connectivity index (χ0) is 14.0. The lowest BCUT2D eigenvalue weighted by Crippen LogP contribution is -2.45. The summed E-state index contributed by atoms with van der Waals surface area (Å²) in [5.74, 6) is 0. The van der Waals surface area contributed by atoms with Crippen LogP contribution >= 0.6 is 0 Å². The first kappa shape index (κ1) is 13.8. The predicted molar refractivity (Wildman–Crippen MR) is 71.2 cm³/mol. The third-order valence-electron chi connectivity index (χ3n) is 3.18. The highest BCUT2D eigenvalue weighted by Crippen LogP contribution is 2.31. The molecule has 1 aromatic carbocycles. The van der Waals surface area contributed by atoms with Crippen LogP contribution in [0.1, 0.15) is 19.4 Å². The molecule has 0 bridgehead atoms. The summed E-state index contributed by atoms with van der Waals surface area (Å²) in [6.45, 7) is 4.97. The van der Waals surface area contributed by atoms with Crippen molar-refractivity contribution in [2.45, 2.75) is 32.7 Å². The second-order valence-electron chi connectivity index (χ2n) is 4.90. The molecule has 19 heavy (non-hydrogen) atoms. The van der Waals surface area contributed by atoms with Crippen molar-refractivity contribution in [1.29, 1.82) is 0 Å². The first-order chi connectivity index (χ1) is 9.01. The van der Waals surface area contributed by atoms with Crippen molar-refractivity contribution in [2.75, 3.05) is 18.0 Å². The van der Waals surface area contributed by atoms with Crippen molar-refractivity contribution in [3.63, 3.8) is 0 Å². The van der Waals surface area contributed by atoms with Crippen LogP contribution in [-0.4, -0.2) is 35.3 Å². The SMILES string of the molecule is C[C@@H]1CN(c2ccc(CO)cc2[N+](=O)[O-])C[C@H](C)O1. The predicted octanol–water partition coefficient (Wildman–Crippen LogP) is 1.70. The average molecular weight is 266 g/mol. The number of aliphatic hydroxyl groups excluding tert-OH is 1. The summed E-state index contributed by atoms with van der Waals surface area (Å²) in [6.07, 6.45) is 0.0849. The molecule has 1 aromatic rings. The topological polar surface area (TPSA) is 75.8 Å². The third kappa shape index (κ3) is 3.02. The van der Waals surface area contributed by atoms with Gasteiger partial charge in [-0.3, -0.25) is 10.1 Å². The van der Waals surface area contributed by atoms with E-state index in [4.69, 9.17) is 9.84 Å². The first-order valence-corrected chi connectivity index (χ1v) is 6.30. The minimum atomic E-state index is -0.403. The van der Waals surface area contributed by atoms with Gasteiger partial charge in [0.2, 0.25) is 0 Å². The Balaban J connectivity index is 2.35. The lowest BCUT2D eigenvalue weighted by molar-refractivity contribution is -0.384. The van der Waals surface area contributed by atoms with Crippen LogP contribution in [0, 0.1) is 10.1 Å². The zero-order valence-electron chi connectivity index (χ0n) is 11.1. The van der Waals surface area contributed by atoms with Gasteiger partial charge in [-0.2, -0.15) is 0 Å². The van der Waals surface area contributed by atoms with Crippen molar-refractivity contribution in [1.82, 2.24) is 0 Å². The molecule has 1 saturated heterocycles. The van der Waals surface area contributed by atoms with Gasteiger partial charge < -0.3 is 14.7 Å². The summed E-state index contributed by atoms with van der Waals surface area (Å²) in [4.78, 5) is 12.7. The molecular formula is C13H18N2O4. The van der Waals surface area contributed by atoms with Crippen molar-refractivity contribution in [3.05, 3.63) is 33.9 Å². The molecule has 0 spiro atoms. The van der Waals surface area contributed by atoms with E-state index in [0.29, 0.717) is 24.3 Å². The molecule has 6 nitrogen and oxygen atoms in total. The lowest BCUT2D eigenvalue weighted by atomic mass is 10.1. The molecule has 1 heterocycles. The second-order valence-corrected chi connectivity index (χ2v) is 4.90. The first-order valence-electron chi connectivity index (χ1n) is 6.30. The normalized spacial score (nSPS) is 23.4. The lowest BCUT2D eigenvalue weighted by Gasteiger charge is -2.36. The van der Waals surface area contributed by atoms with Gasteiger partial charge in [0.1, 0.15) is 5.69 Å². The molecule has 1 fully saturated rings. The van der Waals surface area contributed by atoms with Gasteiger partial charge in [-0.1, -0.05) is 6.07 Å². The number of nitrogens with zero attached hydrogens (tertiary/aromatic N) is 2. The van der Waals surface area contributed by atoms with Crippen LogP contribution in [0.4, 0.5) is 11.4 Å². The Labute approximate surface area is 111 Å². The largest absolute Gasteiger partial charge is 0.392 e. The van der Waals surface area contributed by atoms with E-state index in [-0.39, 0.29) is 24.5 Å². The van der Waals surface area contributed by atoms with Gasteiger partial charge in [-0.15, -0.1) is 0 Å². The molecule has 6 heteroatoms. The molecular weight excluding hydrogens is 248 g/mol. The highest BCUT2D eigenvalue weighted by molar-refractivity contribution is 5.64. The molecule has 104 valence electrons. The fourth-order valence-electron chi connectivity index (χ4n) is 2.46. The molecule has 1 aliphatic rings. The van der Waals surface area contributed by atoms with E-state index in [2.05, 4.69) is 0 Å². The summed E-state index contributed by atoms with van der Waals surface area (Å²) < 4.78 is 5.63. The molecule has 0 saturated carbocycles. The van der Waals surface area contributed by atoms with E-state index >= 15 is 0 Å². The fraction of sp³-hybridized carbons (Fsp3) is 0.538. The number of ether oxygens (including phenoxy) is 1. The van der Waals surface area contributed by atoms with Crippen molar-refractivity contribution < 1.29 is 14.8 Å². The van der Waals surface area contributed by atoms with E-state index in [1.54, 1.807) is 12.1 Å². The molecule has 2 atom stereocenters. The smallest absolute Gasteiger partial charge is 0.292 e. The summed E-state index contributed by atoms with van der Waals surface area (Å²) in [5.41, 5.74) is 1.17. The Morgan fingerprint density at radius 1 is 1.42 bits per heavy atom.